The number of carbonyl (C=O) groups excluding carboxylic acids is 2. The van der Waals surface area contributed by atoms with Crippen molar-refractivity contribution >= 4 is 23.5 Å². The molecule has 2 rings (SSSR count). The second kappa shape index (κ2) is 9.75. The standard InChI is InChI=1S/C22H33ClN2O3/c1-15(2)14-19(21(27)28-22(3,4)5)24-18-10-12-25(13-11-18)20(26)16-6-8-17(23)9-7-16/h6-9,15,18-19,24H,10-14H2,1-5H3/t19-/m1/s1. The first-order valence-electron chi connectivity index (χ1n) is 10.1. The van der Waals surface area contributed by atoms with Crippen LogP contribution in [0.1, 0.15) is 64.2 Å². The molecule has 0 unspecified atom stereocenters. The lowest BCUT2D eigenvalue weighted by atomic mass is 9.99. The van der Waals surface area contributed by atoms with E-state index in [4.69, 9.17) is 16.3 Å². The van der Waals surface area contributed by atoms with Crippen LogP contribution in [0.5, 0.6) is 0 Å². The molecule has 0 aliphatic carbocycles. The number of hydrogen-bond donors (Lipinski definition) is 1. The summed E-state index contributed by atoms with van der Waals surface area (Å²) in [6.45, 7) is 11.2. The van der Waals surface area contributed by atoms with Crippen LogP contribution >= 0.6 is 11.6 Å². The summed E-state index contributed by atoms with van der Waals surface area (Å²) in [6.07, 6.45) is 2.37. The van der Waals surface area contributed by atoms with Crippen molar-refractivity contribution in [3.63, 3.8) is 0 Å². The fourth-order valence-electron chi connectivity index (χ4n) is 3.39. The Morgan fingerprint density at radius 2 is 1.75 bits per heavy atom. The predicted octanol–water partition coefficient (Wildman–Crippen LogP) is 4.29. The summed E-state index contributed by atoms with van der Waals surface area (Å²) in [5.74, 6) is 0.221. The minimum absolute atomic E-state index is 0.0287. The van der Waals surface area contributed by atoms with Gasteiger partial charge in [-0.05, 0) is 70.2 Å². The minimum Gasteiger partial charge on any atom is -0.459 e. The summed E-state index contributed by atoms with van der Waals surface area (Å²) in [4.78, 5) is 27.1. The molecule has 0 aromatic heterocycles. The lowest BCUT2D eigenvalue weighted by molar-refractivity contribution is -0.158. The van der Waals surface area contributed by atoms with Crippen molar-refractivity contribution in [3.8, 4) is 0 Å². The molecule has 0 spiro atoms. The Labute approximate surface area is 173 Å². The van der Waals surface area contributed by atoms with E-state index < -0.39 is 5.60 Å². The van der Waals surface area contributed by atoms with Crippen LogP contribution in [0.4, 0.5) is 0 Å². The van der Waals surface area contributed by atoms with Crippen molar-refractivity contribution in [2.24, 2.45) is 5.92 Å². The van der Waals surface area contributed by atoms with Gasteiger partial charge in [0.15, 0.2) is 0 Å². The first-order chi connectivity index (χ1) is 13.0. The topological polar surface area (TPSA) is 58.6 Å². The molecule has 1 aliphatic rings. The number of nitrogens with one attached hydrogen (secondary N) is 1. The van der Waals surface area contributed by atoms with E-state index in [1.165, 1.54) is 0 Å². The number of amides is 1. The van der Waals surface area contributed by atoms with Crippen molar-refractivity contribution in [1.82, 2.24) is 10.2 Å². The molecule has 0 bridgehead atoms. The monoisotopic (exact) mass is 408 g/mol. The number of hydrogen-bond acceptors (Lipinski definition) is 4. The van der Waals surface area contributed by atoms with Crippen LogP contribution in [0.2, 0.25) is 5.02 Å². The molecule has 0 saturated carbocycles. The maximum absolute atomic E-state index is 12.6. The van der Waals surface area contributed by atoms with Gasteiger partial charge >= 0.3 is 5.97 Å². The summed E-state index contributed by atoms with van der Waals surface area (Å²) >= 11 is 5.90. The lowest BCUT2D eigenvalue weighted by Crippen LogP contribution is -2.51. The molecule has 1 aromatic carbocycles. The van der Waals surface area contributed by atoms with Crippen molar-refractivity contribution in [2.75, 3.05) is 13.1 Å². The van der Waals surface area contributed by atoms with E-state index in [0.717, 1.165) is 19.3 Å². The largest absolute Gasteiger partial charge is 0.459 e. The highest BCUT2D eigenvalue weighted by Crippen LogP contribution is 2.19. The smallest absolute Gasteiger partial charge is 0.323 e. The van der Waals surface area contributed by atoms with Gasteiger partial charge in [0.1, 0.15) is 11.6 Å². The molecule has 1 aliphatic heterocycles. The van der Waals surface area contributed by atoms with Crippen molar-refractivity contribution in [1.29, 1.82) is 0 Å². The number of ether oxygens (including phenoxy) is 1. The van der Waals surface area contributed by atoms with Crippen LogP contribution in [0.3, 0.4) is 0 Å². The third-order valence-electron chi connectivity index (χ3n) is 4.71. The third kappa shape index (κ3) is 7.10. The summed E-state index contributed by atoms with van der Waals surface area (Å²) in [5, 5.41) is 4.11. The molecule has 1 atom stereocenters. The molecule has 1 heterocycles. The number of likely N-dealkylation sites (tertiary alicyclic amines) is 1. The number of esters is 1. The highest BCUT2D eigenvalue weighted by Gasteiger charge is 2.30. The molecule has 1 amide bonds. The molecule has 6 heteroatoms. The Balaban J connectivity index is 1.92. The zero-order valence-electron chi connectivity index (χ0n) is 17.6. The average Bonchev–Trinajstić information content (AvgIpc) is 2.60. The van der Waals surface area contributed by atoms with Crippen LogP contribution in [-0.4, -0.2) is 47.6 Å². The van der Waals surface area contributed by atoms with Gasteiger partial charge in [0, 0.05) is 29.7 Å². The Morgan fingerprint density at radius 3 is 2.25 bits per heavy atom. The van der Waals surface area contributed by atoms with Gasteiger partial charge in [-0.15, -0.1) is 0 Å². The quantitative estimate of drug-likeness (QED) is 0.713. The van der Waals surface area contributed by atoms with Crippen LogP contribution in [0, 0.1) is 5.92 Å². The molecular weight excluding hydrogens is 376 g/mol. The van der Waals surface area contributed by atoms with Gasteiger partial charge < -0.3 is 15.0 Å². The Bertz CT molecular complexity index is 659. The highest BCUT2D eigenvalue weighted by molar-refractivity contribution is 6.30. The molecule has 156 valence electrons. The predicted molar refractivity (Wildman–Crippen MR) is 113 cm³/mol. The van der Waals surface area contributed by atoms with Gasteiger partial charge in [0.25, 0.3) is 5.91 Å². The van der Waals surface area contributed by atoms with E-state index in [1.54, 1.807) is 24.3 Å². The van der Waals surface area contributed by atoms with Gasteiger partial charge in [-0.3, -0.25) is 9.59 Å². The van der Waals surface area contributed by atoms with Gasteiger partial charge in [-0.25, -0.2) is 0 Å². The number of halogens is 1. The Hall–Kier alpha value is -1.59. The van der Waals surface area contributed by atoms with E-state index in [2.05, 4.69) is 19.2 Å². The Kier molecular flexibility index (Phi) is 7.90. The van der Waals surface area contributed by atoms with Gasteiger partial charge in [-0.1, -0.05) is 25.4 Å². The zero-order chi connectivity index (χ0) is 20.9. The van der Waals surface area contributed by atoms with Crippen molar-refractivity contribution < 1.29 is 14.3 Å². The summed E-state index contributed by atoms with van der Waals surface area (Å²) < 4.78 is 5.59. The number of rotatable bonds is 6. The fourth-order valence-corrected chi connectivity index (χ4v) is 3.51. The molecular formula is C22H33ClN2O3. The average molecular weight is 409 g/mol. The molecule has 1 saturated heterocycles. The van der Waals surface area contributed by atoms with Gasteiger partial charge in [0.2, 0.25) is 0 Å². The van der Waals surface area contributed by atoms with Crippen LogP contribution in [0.15, 0.2) is 24.3 Å². The van der Waals surface area contributed by atoms with Crippen LogP contribution in [-0.2, 0) is 9.53 Å². The molecule has 1 fully saturated rings. The number of nitrogens with zero attached hydrogens (tertiary/aromatic N) is 1. The van der Waals surface area contributed by atoms with Crippen molar-refractivity contribution in [3.05, 3.63) is 34.9 Å². The third-order valence-corrected chi connectivity index (χ3v) is 4.96. The van der Waals surface area contributed by atoms with Gasteiger partial charge in [0.05, 0.1) is 0 Å². The summed E-state index contributed by atoms with van der Waals surface area (Å²) in [6, 6.07) is 6.88. The Morgan fingerprint density at radius 1 is 1.18 bits per heavy atom. The molecule has 1 N–H and O–H groups in total. The molecule has 1 aromatic rings. The number of piperidine rings is 1. The second-order valence-corrected chi connectivity index (χ2v) is 9.39. The maximum Gasteiger partial charge on any atom is 0.323 e. The zero-order valence-corrected chi connectivity index (χ0v) is 18.4. The normalized spacial score (nSPS) is 16.9. The SMILES string of the molecule is CC(C)C[C@@H](NC1CCN(C(=O)c2ccc(Cl)cc2)CC1)C(=O)OC(C)(C)C. The van der Waals surface area contributed by atoms with Crippen molar-refractivity contribution in [2.45, 2.75) is 71.6 Å². The first-order valence-corrected chi connectivity index (χ1v) is 10.5. The second-order valence-electron chi connectivity index (χ2n) is 8.96. The molecule has 28 heavy (non-hydrogen) atoms. The van der Waals surface area contributed by atoms with Crippen LogP contribution in [0.25, 0.3) is 0 Å². The highest BCUT2D eigenvalue weighted by atomic mass is 35.5. The minimum atomic E-state index is -0.498. The van der Waals surface area contributed by atoms with E-state index in [9.17, 15) is 9.59 Å². The summed E-state index contributed by atoms with van der Waals surface area (Å²) in [5.41, 5.74) is 0.157. The van der Waals surface area contributed by atoms with E-state index in [-0.39, 0.29) is 24.0 Å². The molecule has 5 nitrogen and oxygen atoms in total. The van der Waals surface area contributed by atoms with E-state index >= 15 is 0 Å². The molecule has 0 radical (unpaired) electrons. The maximum atomic E-state index is 12.6. The number of benzene rings is 1. The summed E-state index contributed by atoms with van der Waals surface area (Å²) in [7, 11) is 0. The fraction of sp³-hybridized carbons (Fsp3) is 0.636. The van der Waals surface area contributed by atoms with E-state index in [1.807, 2.05) is 25.7 Å². The first kappa shape index (κ1) is 22.7. The van der Waals surface area contributed by atoms with E-state index in [0.29, 0.717) is 29.6 Å². The lowest BCUT2D eigenvalue weighted by Gasteiger charge is -2.35. The van der Waals surface area contributed by atoms with Crippen LogP contribution < -0.4 is 5.32 Å². The number of carbonyl (C=O) groups is 2. The van der Waals surface area contributed by atoms with Gasteiger partial charge in [-0.2, -0.15) is 0 Å².